The molecule has 0 saturated heterocycles. The number of carbonyl (C=O) groups is 1. The number of rotatable bonds is 8. The van der Waals surface area contributed by atoms with Gasteiger partial charge in [-0.1, -0.05) is 35.9 Å². The van der Waals surface area contributed by atoms with Gasteiger partial charge in [0.1, 0.15) is 0 Å². The zero-order valence-corrected chi connectivity index (χ0v) is 19.6. The highest BCUT2D eigenvalue weighted by molar-refractivity contribution is 7.14. The van der Waals surface area contributed by atoms with Crippen LogP contribution in [0.5, 0.6) is 11.5 Å². The van der Waals surface area contributed by atoms with Crippen LogP contribution in [0.25, 0.3) is 11.3 Å². The standard InChI is InChI=1S/C25H20N4O5S/c1-16-6-9-18(10-7-16)21-15-35-25(27-21)28-26-14-17-8-11-22(23(12-17)33-2)34-24(30)19-4-3-5-20(13-19)29(31)32/h3-15H,1-2H3,(H,27,28)/b26-14-. The van der Waals surface area contributed by atoms with E-state index in [4.69, 9.17) is 9.47 Å². The molecular formula is C25H20N4O5S. The van der Waals surface area contributed by atoms with E-state index in [2.05, 4.69) is 15.5 Å². The van der Waals surface area contributed by atoms with Gasteiger partial charge in [0.15, 0.2) is 11.5 Å². The molecule has 176 valence electrons. The van der Waals surface area contributed by atoms with E-state index in [9.17, 15) is 14.9 Å². The topological polar surface area (TPSA) is 116 Å². The third-order valence-corrected chi connectivity index (χ3v) is 5.66. The van der Waals surface area contributed by atoms with Crippen LogP contribution >= 0.6 is 11.3 Å². The summed E-state index contributed by atoms with van der Waals surface area (Å²) in [6, 6.07) is 18.4. The smallest absolute Gasteiger partial charge is 0.343 e. The van der Waals surface area contributed by atoms with Crippen LogP contribution in [-0.4, -0.2) is 29.2 Å². The summed E-state index contributed by atoms with van der Waals surface area (Å²) in [5, 5.41) is 17.8. The first-order valence-electron chi connectivity index (χ1n) is 10.4. The molecule has 35 heavy (non-hydrogen) atoms. The minimum absolute atomic E-state index is 0.0598. The maximum Gasteiger partial charge on any atom is 0.343 e. The predicted octanol–water partition coefficient (Wildman–Crippen LogP) is 5.70. The average Bonchev–Trinajstić information content (AvgIpc) is 3.34. The lowest BCUT2D eigenvalue weighted by Gasteiger charge is -2.10. The second kappa shape index (κ2) is 10.6. The van der Waals surface area contributed by atoms with Gasteiger partial charge in [-0.15, -0.1) is 11.3 Å². The Morgan fingerprint density at radius 3 is 2.66 bits per heavy atom. The number of methoxy groups -OCH3 is 1. The maximum absolute atomic E-state index is 12.4. The van der Waals surface area contributed by atoms with E-state index in [0.29, 0.717) is 16.4 Å². The van der Waals surface area contributed by atoms with Crippen molar-refractivity contribution < 1.29 is 19.2 Å². The Labute approximate surface area is 204 Å². The van der Waals surface area contributed by atoms with Crippen molar-refractivity contribution in [1.29, 1.82) is 0 Å². The fourth-order valence-electron chi connectivity index (χ4n) is 3.10. The lowest BCUT2D eigenvalue weighted by atomic mass is 10.1. The number of aromatic nitrogens is 1. The molecule has 9 nitrogen and oxygen atoms in total. The molecule has 0 aliphatic rings. The van der Waals surface area contributed by atoms with E-state index in [1.54, 1.807) is 24.4 Å². The summed E-state index contributed by atoms with van der Waals surface area (Å²) in [7, 11) is 1.45. The minimum atomic E-state index is -0.733. The van der Waals surface area contributed by atoms with Crippen LogP contribution in [0.1, 0.15) is 21.5 Å². The Morgan fingerprint density at radius 1 is 1.11 bits per heavy atom. The van der Waals surface area contributed by atoms with Gasteiger partial charge in [-0.05, 0) is 36.8 Å². The molecule has 0 saturated carbocycles. The Morgan fingerprint density at radius 2 is 1.91 bits per heavy atom. The molecule has 3 aromatic carbocycles. The molecule has 1 heterocycles. The number of esters is 1. The van der Waals surface area contributed by atoms with E-state index in [1.807, 2.05) is 36.6 Å². The first-order valence-corrected chi connectivity index (χ1v) is 11.3. The monoisotopic (exact) mass is 488 g/mol. The van der Waals surface area contributed by atoms with Crippen LogP contribution in [0.15, 0.2) is 77.2 Å². The van der Waals surface area contributed by atoms with Crippen LogP contribution in [0, 0.1) is 17.0 Å². The number of thiazole rings is 1. The number of hydrogen-bond donors (Lipinski definition) is 1. The molecule has 0 bridgehead atoms. The van der Waals surface area contributed by atoms with Gasteiger partial charge in [-0.3, -0.25) is 15.5 Å². The van der Waals surface area contributed by atoms with Crippen molar-refractivity contribution in [3.05, 3.63) is 98.9 Å². The largest absolute Gasteiger partial charge is 0.493 e. The summed E-state index contributed by atoms with van der Waals surface area (Å²) in [5.74, 6) is -0.247. The molecular weight excluding hydrogens is 468 g/mol. The highest BCUT2D eigenvalue weighted by Gasteiger charge is 2.16. The second-order valence-corrected chi connectivity index (χ2v) is 8.24. The summed E-state index contributed by atoms with van der Waals surface area (Å²) in [6.07, 6.45) is 1.58. The normalized spacial score (nSPS) is 10.8. The zero-order chi connectivity index (χ0) is 24.8. The number of anilines is 1. The van der Waals surface area contributed by atoms with Crippen molar-refractivity contribution >= 4 is 34.3 Å². The highest BCUT2D eigenvalue weighted by Crippen LogP contribution is 2.29. The van der Waals surface area contributed by atoms with Crippen LogP contribution in [0.4, 0.5) is 10.8 Å². The molecule has 10 heteroatoms. The lowest BCUT2D eigenvalue weighted by molar-refractivity contribution is -0.384. The van der Waals surface area contributed by atoms with Gasteiger partial charge >= 0.3 is 5.97 Å². The molecule has 0 aliphatic carbocycles. The number of aryl methyl sites for hydroxylation is 1. The molecule has 0 aliphatic heterocycles. The van der Waals surface area contributed by atoms with Crippen molar-refractivity contribution in [1.82, 2.24) is 4.98 Å². The number of hydrazone groups is 1. The minimum Gasteiger partial charge on any atom is -0.493 e. The fraction of sp³-hybridized carbons (Fsp3) is 0.0800. The number of hydrogen-bond acceptors (Lipinski definition) is 9. The zero-order valence-electron chi connectivity index (χ0n) is 18.8. The molecule has 0 spiro atoms. The van der Waals surface area contributed by atoms with Gasteiger partial charge in [0.25, 0.3) is 5.69 Å². The average molecular weight is 489 g/mol. The number of nitrogens with zero attached hydrogens (tertiary/aromatic N) is 3. The van der Waals surface area contributed by atoms with Crippen LogP contribution in [0.3, 0.4) is 0 Å². The van der Waals surface area contributed by atoms with Gasteiger partial charge in [0, 0.05) is 23.1 Å². The number of non-ortho nitro benzene ring substituents is 1. The molecule has 4 aromatic rings. The first kappa shape index (κ1) is 23.6. The van der Waals surface area contributed by atoms with E-state index in [1.165, 1.54) is 42.2 Å². The number of carbonyl (C=O) groups excluding carboxylic acids is 1. The maximum atomic E-state index is 12.4. The Balaban J connectivity index is 1.42. The van der Waals surface area contributed by atoms with E-state index in [-0.39, 0.29) is 17.0 Å². The predicted molar refractivity (Wildman–Crippen MR) is 135 cm³/mol. The molecule has 0 radical (unpaired) electrons. The van der Waals surface area contributed by atoms with Gasteiger partial charge in [0.2, 0.25) is 5.13 Å². The SMILES string of the molecule is COc1cc(/C=N\Nc2nc(-c3ccc(C)cc3)cs2)ccc1OC(=O)c1cccc([N+](=O)[O-])c1. The van der Waals surface area contributed by atoms with E-state index < -0.39 is 10.9 Å². The van der Waals surface area contributed by atoms with E-state index >= 15 is 0 Å². The Kier molecular flexibility index (Phi) is 7.12. The summed E-state index contributed by atoms with van der Waals surface area (Å²) < 4.78 is 10.7. The third-order valence-electron chi connectivity index (χ3n) is 4.91. The van der Waals surface area contributed by atoms with Crippen LogP contribution in [-0.2, 0) is 0 Å². The number of nitro groups is 1. The third kappa shape index (κ3) is 5.87. The van der Waals surface area contributed by atoms with Crippen molar-refractivity contribution in [3.8, 4) is 22.8 Å². The summed E-state index contributed by atoms with van der Waals surface area (Å²) >= 11 is 1.44. The number of benzene rings is 3. The van der Waals surface area contributed by atoms with Crippen molar-refractivity contribution in [2.75, 3.05) is 12.5 Å². The molecule has 0 unspecified atom stereocenters. The summed E-state index contributed by atoms with van der Waals surface area (Å²) in [5.41, 5.74) is 6.55. The lowest BCUT2D eigenvalue weighted by Crippen LogP contribution is -2.09. The highest BCUT2D eigenvalue weighted by atomic mass is 32.1. The molecule has 0 fully saturated rings. The van der Waals surface area contributed by atoms with Crippen LogP contribution in [0.2, 0.25) is 0 Å². The van der Waals surface area contributed by atoms with Gasteiger partial charge < -0.3 is 9.47 Å². The number of nitro benzene ring substituents is 1. The Bertz CT molecular complexity index is 1400. The summed E-state index contributed by atoms with van der Waals surface area (Å²) in [6.45, 7) is 2.04. The van der Waals surface area contributed by atoms with Crippen molar-refractivity contribution in [2.45, 2.75) is 6.92 Å². The van der Waals surface area contributed by atoms with E-state index in [0.717, 1.165) is 17.3 Å². The molecule has 0 atom stereocenters. The molecule has 0 amide bonds. The fourth-order valence-corrected chi connectivity index (χ4v) is 3.77. The quantitative estimate of drug-likeness (QED) is 0.111. The van der Waals surface area contributed by atoms with Gasteiger partial charge in [-0.25, -0.2) is 9.78 Å². The van der Waals surface area contributed by atoms with Crippen molar-refractivity contribution in [3.63, 3.8) is 0 Å². The van der Waals surface area contributed by atoms with Crippen molar-refractivity contribution in [2.24, 2.45) is 5.10 Å². The number of ether oxygens (including phenoxy) is 2. The van der Waals surface area contributed by atoms with Gasteiger partial charge in [-0.2, -0.15) is 5.10 Å². The Hall–Kier alpha value is -4.57. The molecule has 4 rings (SSSR count). The van der Waals surface area contributed by atoms with Gasteiger partial charge in [0.05, 0.1) is 29.5 Å². The summed E-state index contributed by atoms with van der Waals surface area (Å²) in [4.78, 5) is 27.4. The first-order chi connectivity index (χ1) is 16.9. The molecule has 1 N–H and O–H groups in total. The second-order valence-electron chi connectivity index (χ2n) is 7.38. The number of nitrogens with one attached hydrogen (secondary N) is 1. The molecule has 1 aromatic heterocycles. The van der Waals surface area contributed by atoms with Crippen LogP contribution < -0.4 is 14.9 Å².